The molecule has 3 N–H and O–H groups in total. The van der Waals surface area contributed by atoms with Crippen LogP contribution in [0.3, 0.4) is 0 Å². The van der Waals surface area contributed by atoms with E-state index in [2.05, 4.69) is 10.3 Å². The molecule has 1 aromatic rings. The van der Waals surface area contributed by atoms with Gasteiger partial charge in [0.25, 0.3) is 0 Å². The van der Waals surface area contributed by atoms with Crippen LogP contribution in [0.25, 0.3) is 0 Å². The van der Waals surface area contributed by atoms with Crippen LogP contribution in [-0.4, -0.2) is 38.5 Å². The topological polar surface area (TPSA) is 69.4 Å². The molecular formula is C11H19N3O2. The molecule has 16 heavy (non-hydrogen) atoms. The fourth-order valence-electron chi connectivity index (χ4n) is 1.16. The van der Waals surface area contributed by atoms with Crippen LogP contribution in [0.1, 0.15) is 6.42 Å². The monoisotopic (exact) mass is 225 g/mol. The summed E-state index contributed by atoms with van der Waals surface area (Å²) in [6.07, 6.45) is 2.68. The number of rotatable bonds is 8. The summed E-state index contributed by atoms with van der Waals surface area (Å²) in [5.41, 5.74) is 6.46. The number of nitrogens with one attached hydrogen (secondary N) is 1. The number of methoxy groups -OCH3 is 1. The van der Waals surface area contributed by atoms with Gasteiger partial charge < -0.3 is 20.5 Å². The fourth-order valence-corrected chi connectivity index (χ4v) is 1.16. The first-order valence-corrected chi connectivity index (χ1v) is 5.35. The highest BCUT2D eigenvalue weighted by molar-refractivity contribution is 5.45. The zero-order chi connectivity index (χ0) is 11.6. The van der Waals surface area contributed by atoms with Crippen molar-refractivity contribution < 1.29 is 9.47 Å². The molecule has 5 heteroatoms. The molecule has 0 fully saturated rings. The molecule has 1 rings (SSSR count). The van der Waals surface area contributed by atoms with E-state index in [1.807, 2.05) is 6.07 Å². The van der Waals surface area contributed by atoms with E-state index >= 15 is 0 Å². The molecule has 5 nitrogen and oxygen atoms in total. The number of hydrogen-bond donors (Lipinski definition) is 2. The van der Waals surface area contributed by atoms with E-state index in [-0.39, 0.29) is 0 Å². The van der Waals surface area contributed by atoms with Gasteiger partial charge in [0.15, 0.2) is 0 Å². The van der Waals surface area contributed by atoms with Gasteiger partial charge in [-0.25, -0.2) is 4.98 Å². The SMILES string of the molecule is COCCOCCCNc1ccc(N)nc1. The fraction of sp³-hybridized carbons (Fsp3) is 0.545. The van der Waals surface area contributed by atoms with Gasteiger partial charge >= 0.3 is 0 Å². The van der Waals surface area contributed by atoms with Crippen molar-refractivity contribution in [2.75, 3.05) is 44.5 Å². The number of anilines is 2. The first-order chi connectivity index (χ1) is 7.83. The molecule has 0 unspecified atom stereocenters. The van der Waals surface area contributed by atoms with Gasteiger partial charge in [-0.15, -0.1) is 0 Å². The third-order valence-electron chi connectivity index (χ3n) is 2.01. The quantitative estimate of drug-likeness (QED) is 0.649. The van der Waals surface area contributed by atoms with E-state index in [0.717, 1.165) is 25.3 Å². The van der Waals surface area contributed by atoms with Crippen LogP contribution < -0.4 is 11.1 Å². The van der Waals surface area contributed by atoms with Gasteiger partial charge in [0, 0.05) is 20.3 Å². The summed E-state index contributed by atoms with van der Waals surface area (Å²) in [4.78, 5) is 3.99. The first-order valence-electron chi connectivity index (χ1n) is 5.35. The highest BCUT2D eigenvalue weighted by atomic mass is 16.5. The van der Waals surface area contributed by atoms with Crippen molar-refractivity contribution in [3.05, 3.63) is 18.3 Å². The van der Waals surface area contributed by atoms with E-state index in [9.17, 15) is 0 Å². The Bertz CT molecular complexity index is 277. The van der Waals surface area contributed by atoms with Crippen LogP contribution in [0.5, 0.6) is 0 Å². The van der Waals surface area contributed by atoms with Gasteiger partial charge in [0.05, 0.1) is 25.1 Å². The highest BCUT2D eigenvalue weighted by Crippen LogP contribution is 2.06. The second-order valence-electron chi connectivity index (χ2n) is 3.36. The summed E-state index contributed by atoms with van der Waals surface area (Å²) in [6.45, 7) is 2.90. The molecular weight excluding hydrogens is 206 g/mol. The maximum atomic E-state index is 5.48. The second kappa shape index (κ2) is 7.90. The Balaban J connectivity index is 2.01. The average molecular weight is 225 g/mol. The molecule has 1 heterocycles. The average Bonchev–Trinajstić information content (AvgIpc) is 2.30. The third kappa shape index (κ3) is 5.53. The lowest BCUT2D eigenvalue weighted by atomic mass is 10.4. The molecule has 0 atom stereocenters. The van der Waals surface area contributed by atoms with Crippen LogP contribution in [-0.2, 0) is 9.47 Å². The first kappa shape index (κ1) is 12.7. The van der Waals surface area contributed by atoms with E-state index in [0.29, 0.717) is 19.0 Å². The van der Waals surface area contributed by atoms with Crippen LogP contribution in [0.15, 0.2) is 18.3 Å². The lowest BCUT2D eigenvalue weighted by molar-refractivity contribution is 0.0705. The summed E-state index contributed by atoms with van der Waals surface area (Å²) in [7, 11) is 1.67. The van der Waals surface area contributed by atoms with E-state index in [1.165, 1.54) is 0 Å². The summed E-state index contributed by atoms with van der Waals surface area (Å²) in [6, 6.07) is 3.69. The normalized spacial score (nSPS) is 10.3. The predicted octanol–water partition coefficient (Wildman–Crippen LogP) is 1.13. The summed E-state index contributed by atoms with van der Waals surface area (Å²) >= 11 is 0. The minimum atomic E-state index is 0.536. The number of nitrogens with two attached hydrogens (primary N) is 1. The van der Waals surface area contributed by atoms with Crippen molar-refractivity contribution in [1.29, 1.82) is 0 Å². The molecule has 0 saturated carbocycles. The third-order valence-corrected chi connectivity index (χ3v) is 2.01. The van der Waals surface area contributed by atoms with Crippen LogP contribution in [0.4, 0.5) is 11.5 Å². The standard InChI is InChI=1S/C11H19N3O2/c1-15-7-8-16-6-2-5-13-10-3-4-11(12)14-9-10/h3-4,9,13H,2,5-8H2,1H3,(H2,12,14). The van der Waals surface area contributed by atoms with Gasteiger partial charge in [0.2, 0.25) is 0 Å². The van der Waals surface area contributed by atoms with Gasteiger partial charge in [0.1, 0.15) is 5.82 Å². The maximum absolute atomic E-state index is 5.48. The number of aromatic nitrogens is 1. The van der Waals surface area contributed by atoms with Crippen molar-refractivity contribution in [2.45, 2.75) is 6.42 Å². The van der Waals surface area contributed by atoms with Crippen molar-refractivity contribution in [2.24, 2.45) is 0 Å². The Kier molecular flexibility index (Phi) is 6.29. The molecule has 0 bridgehead atoms. The Morgan fingerprint density at radius 1 is 1.31 bits per heavy atom. The van der Waals surface area contributed by atoms with Gasteiger partial charge in [-0.3, -0.25) is 0 Å². The van der Waals surface area contributed by atoms with E-state index in [1.54, 1.807) is 19.4 Å². The minimum Gasteiger partial charge on any atom is -0.384 e. The predicted molar refractivity (Wildman–Crippen MR) is 64.5 cm³/mol. The lowest BCUT2D eigenvalue weighted by Crippen LogP contribution is -2.08. The number of ether oxygens (including phenoxy) is 2. The Morgan fingerprint density at radius 3 is 2.88 bits per heavy atom. The van der Waals surface area contributed by atoms with Crippen LogP contribution in [0.2, 0.25) is 0 Å². The van der Waals surface area contributed by atoms with Gasteiger partial charge in [-0.05, 0) is 18.6 Å². The van der Waals surface area contributed by atoms with E-state index in [4.69, 9.17) is 15.2 Å². The Morgan fingerprint density at radius 2 is 2.19 bits per heavy atom. The summed E-state index contributed by atoms with van der Waals surface area (Å²) < 4.78 is 10.2. The molecule has 0 aliphatic heterocycles. The lowest BCUT2D eigenvalue weighted by Gasteiger charge is -2.06. The molecule has 90 valence electrons. The zero-order valence-electron chi connectivity index (χ0n) is 9.61. The Hall–Kier alpha value is -1.33. The van der Waals surface area contributed by atoms with Crippen molar-refractivity contribution in [3.63, 3.8) is 0 Å². The molecule has 0 saturated heterocycles. The van der Waals surface area contributed by atoms with Crippen molar-refractivity contribution in [1.82, 2.24) is 4.98 Å². The minimum absolute atomic E-state index is 0.536. The highest BCUT2D eigenvalue weighted by Gasteiger charge is 1.93. The molecule has 0 radical (unpaired) electrons. The second-order valence-corrected chi connectivity index (χ2v) is 3.36. The molecule has 0 aromatic carbocycles. The van der Waals surface area contributed by atoms with Crippen LogP contribution >= 0.6 is 0 Å². The maximum Gasteiger partial charge on any atom is 0.123 e. The van der Waals surface area contributed by atoms with Gasteiger partial charge in [-0.2, -0.15) is 0 Å². The summed E-state index contributed by atoms with van der Waals surface area (Å²) in [5, 5.41) is 3.23. The molecule has 1 aromatic heterocycles. The van der Waals surface area contributed by atoms with Crippen molar-refractivity contribution in [3.8, 4) is 0 Å². The number of nitrogens with zero attached hydrogens (tertiary/aromatic N) is 1. The zero-order valence-corrected chi connectivity index (χ0v) is 9.61. The van der Waals surface area contributed by atoms with E-state index < -0.39 is 0 Å². The molecule has 0 amide bonds. The molecule has 0 aliphatic carbocycles. The summed E-state index contributed by atoms with van der Waals surface area (Å²) in [5.74, 6) is 0.536. The van der Waals surface area contributed by atoms with Crippen LogP contribution in [0, 0.1) is 0 Å². The number of hydrogen-bond acceptors (Lipinski definition) is 5. The van der Waals surface area contributed by atoms with Crippen molar-refractivity contribution >= 4 is 11.5 Å². The molecule has 0 aliphatic rings. The smallest absolute Gasteiger partial charge is 0.123 e. The Labute approximate surface area is 96.0 Å². The largest absolute Gasteiger partial charge is 0.384 e. The van der Waals surface area contributed by atoms with Gasteiger partial charge in [-0.1, -0.05) is 0 Å². The number of pyridine rings is 1. The number of nitrogen functional groups attached to an aromatic ring is 1. The molecule has 0 spiro atoms.